The first-order valence-electron chi connectivity index (χ1n) is 12.2. The maximum atomic E-state index is 13.1. The molecule has 34 heavy (non-hydrogen) atoms. The smallest absolute Gasteiger partial charge is 0.227 e. The number of carbonyl (C=O) groups is 1. The molecule has 180 valence electrons. The van der Waals surface area contributed by atoms with Crippen molar-refractivity contribution in [1.29, 1.82) is 0 Å². The number of rotatable bonds is 13. The maximum Gasteiger partial charge on any atom is 0.227 e. The van der Waals surface area contributed by atoms with Crippen LogP contribution in [0.25, 0.3) is 0 Å². The Labute approximate surface area is 204 Å². The average Bonchev–Trinajstić information content (AvgIpc) is 2.88. The summed E-state index contributed by atoms with van der Waals surface area (Å²) in [5, 5.41) is 6.73. The van der Waals surface area contributed by atoms with Gasteiger partial charge in [-0.3, -0.25) is 9.78 Å². The van der Waals surface area contributed by atoms with Gasteiger partial charge >= 0.3 is 0 Å². The van der Waals surface area contributed by atoms with Crippen molar-refractivity contribution in [2.75, 3.05) is 13.2 Å². The Morgan fingerprint density at radius 2 is 1.65 bits per heavy atom. The summed E-state index contributed by atoms with van der Waals surface area (Å²) < 4.78 is 5.96. The van der Waals surface area contributed by atoms with Crippen molar-refractivity contribution >= 4 is 5.91 Å². The van der Waals surface area contributed by atoms with Crippen LogP contribution in [0.5, 0.6) is 5.75 Å². The predicted octanol–water partition coefficient (Wildman–Crippen LogP) is 5.65. The van der Waals surface area contributed by atoms with Crippen LogP contribution < -0.4 is 15.4 Å². The zero-order chi connectivity index (χ0) is 24.2. The molecule has 0 aliphatic rings. The monoisotopic (exact) mass is 459 g/mol. The summed E-state index contributed by atoms with van der Waals surface area (Å²) in [7, 11) is 0. The second-order valence-corrected chi connectivity index (χ2v) is 8.95. The Hall–Kier alpha value is -3.18. The Morgan fingerprint density at radius 1 is 0.941 bits per heavy atom. The molecule has 0 saturated carbocycles. The van der Waals surface area contributed by atoms with Gasteiger partial charge in [-0.25, -0.2) is 0 Å². The van der Waals surface area contributed by atoms with Crippen molar-refractivity contribution in [3.63, 3.8) is 0 Å². The minimum Gasteiger partial charge on any atom is -0.493 e. The summed E-state index contributed by atoms with van der Waals surface area (Å²) in [5.41, 5.74) is 3.21. The van der Waals surface area contributed by atoms with Crippen LogP contribution in [-0.4, -0.2) is 24.0 Å². The molecule has 0 radical (unpaired) electrons. The highest BCUT2D eigenvalue weighted by Crippen LogP contribution is 2.21. The lowest BCUT2D eigenvalue weighted by Gasteiger charge is -2.23. The first-order chi connectivity index (χ1) is 16.6. The van der Waals surface area contributed by atoms with Crippen LogP contribution in [0.15, 0.2) is 79.1 Å². The molecule has 3 rings (SSSR count). The third kappa shape index (κ3) is 7.99. The molecule has 0 bridgehead atoms. The molecule has 2 N–H and O–H groups in total. The molecule has 2 aromatic carbocycles. The van der Waals surface area contributed by atoms with Crippen LogP contribution in [0.1, 0.15) is 62.3 Å². The first kappa shape index (κ1) is 25.4. The Balaban J connectivity index is 1.66. The Morgan fingerprint density at radius 3 is 2.32 bits per heavy atom. The van der Waals surface area contributed by atoms with E-state index in [-0.39, 0.29) is 17.9 Å². The topological polar surface area (TPSA) is 63.2 Å². The van der Waals surface area contributed by atoms with Gasteiger partial charge < -0.3 is 15.4 Å². The van der Waals surface area contributed by atoms with Crippen LogP contribution >= 0.6 is 0 Å². The summed E-state index contributed by atoms with van der Waals surface area (Å²) in [6.07, 6.45) is 5.91. The van der Waals surface area contributed by atoms with Gasteiger partial charge in [0.2, 0.25) is 5.91 Å². The van der Waals surface area contributed by atoms with Crippen molar-refractivity contribution < 1.29 is 9.53 Å². The van der Waals surface area contributed by atoms with Crippen LogP contribution in [-0.2, 0) is 11.3 Å². The number of hydrogen-bond donors (Lipinski definition) is 2. The lowest BCUT2D eigenvalue weighted by atomic mass is 9.99. The number of aromatic nitrogens is 1. The molecule has 0 saturated heterocycles. The van der Waals surface area contributed by atoms with Gasteiger partial charge in [0.15, 0.2) is 0 Å². The molecular weight excluding hydrogens is 422 g/mol. The fraction of sp³-hybridized carbons (Fsp3) is 0.379. The van der Waals surface area contributed by atoms with Gasteiger partial charge in [-0.15, -0.1) is 0 Å². The van der Waals surface area contributed by atoms with E-state index in [1.807, 2.05) is 73.7 Å². The van der Waals surface area contributed by atoms with E-state index in [1.165, 1.54) is 6.42 Å². The molecule has 1 amide bonds. The molecule has 1 heterocycles. The lowest BCUT2D eigenvalue weighted by Crippen LogP contribution is -2.37. The molecule has 3 atom stereocenters. The summed E-state index contributed by atoms with van der Waals surface area (Å²) in [5.74, 6) is 1.18. The van der Waals surface area contributed by atoms with Gasteiger partial charge in [0.25, 0.3) is 0 Å². The largest absolute Gasteiger partial charge is 0.493 e. The molecule has 1 unspecified atom stereocenters. The number of nitrogens with one attached hydrogen (secondary N) is 2. The highest BCUT2D eigenvalue weighted by molar-refractivity contribution is 5.83. The van der Waals surface area contributed by atoms with Gasteiger partial charge in [-0.2, -0.15) is 0 Å². The minimum absolute atomic E-state index is 0.00984. The first-order valence-corrected chi connectivity index (χ1v) is 12.2. The number of benzene rings is 2. The summed E-state index contributed by atoms with van der Waals surface area (Å²) in [4.78, 5) is 17.2. The van der Waals surface area contributed by atoms with Crippen molar-refractivity contribution in [2.24, 2.45) is 5.92 Å². The van der Waals surface area contributed by atoms with E-state index in [1.54, 1.807) is 12.4 Å². The lowest BCUT2D eigenvalue weighted by molar-refractivity contribution is -0.123. The number of carbonyl (C=O) groups excluding carboxylic acids is 1. The molecular formula is C29H37N3O2. The molecule has 0 fully saturated rings. The van der Waals surface area contributed by atoms with E-state index < -0.39 is 0 Å². The normalized spacial score (nSPS) is 13.6. The summed E-state index contributed by atoms with van der Waals surface area (Å²) >= 11 is 0. The number of ether oxygens (including phenoxy) is 1. The quantitative estimate of drug-likeness (QED) is 0.347. The van der Waals surface area contributed by atoms with Gasteiger partial charge in [0.1, 0.15) is 5.75 Å². The second-order valence-electron chi connectivity index (χ2n) is 8.95. The van der Waals surface area contributed by atoms with E-state index in [9.17, 15) is 4.79 Å². The van der Waals surface area contributed by atoms with Gasteiger partial charge in [-0.1, -0.05) is 62.7 Å². The third-order valence-electron chi connectivity index (χ3n) is 6.03. The summed E-state index contributed by atoms with van der Waals surface area (Å²) in [6.45, 7) is 8.39. The minimum atomic E-state index is -0.230. The molecule has 0 aliphatic heterocycles. The Bertz CT molecular complexity index is 977. The van der Waals surface area contributed by atoms with Crippen LogP contribution in [0.3, 0.4) is 0 Å². The molecule has 1 aromatic heterocycles. The van der Waals surface area contributed by atoms with Gasteiger partial charge in [-0.05, 0) is 60.2 Å². The van der Waals surface area contributed by atoms with Crippen molar-refractivity contribution in [1.82, 2.24) is 15.6 Å². The standard InChI is InChI=1S/C29H37N3O2/c1-4-8-22(2)21-34-27-13-11-26(12-14-27)28(20-31-19-24-15-17-30-18-16-24)32-29(33)23(3)25-9-6-5-7-10-25/h5-7,9-18,22-23,28,31H,4,8,19-21H2,1-3H3,(H,32,33)/t22?,23-,28-/m0/s1. The summed E-state index contributed by atoms with van der Waals surface area (Å²) in [6, 6.07) is 21.8. The fourth-order valence-corrected chi connectivity index (χ4v) is 3.91. The van der Waals surface area contributed by atoms with E-state index in [0.717, 1.165) is 35.5 Å². The van der Waals surface area contributed by atoms with Crippen LogP contribution in [0.2, 0.25) is 0 Å². The van der Waals surface area contributed by atoms with Gasteiger partial charge in [0.05, 0.1) is 18.6 Å². The molecule has 5 nitrogen and oxygen atoms in total. The SMILES string of the molecule is CCCC(C)COc1ccc([C@H](CNCc2ccncc2)NC(=O)[C@@H](C)c2ccccc2)cc1. The molecule has 0 aliphatic carbocycles. The zero-order valence-electron chi connectivity index (χ0n) is 20.5. The Kier molecular flexibility index (Phi) is 10.1. The van der Waals surface area contributed by atoms with Gasteiger partial charge in [0, 0.05) is 25.5 Å². The van der Waals surface area contributed by atoms with Crippen molar-refractivity contribution in [3.05, 3.63) is 95.8 Å². The number of nitrogens with zero attached hydrogens (tertiary/aromatic N) is 1. The number of hydrogen-bond acceptors (Lipinski definition) is 4. The van der Waals surface area contributed by atoms with E-state index in [0.29, 0.717) is 19.0 Å². The molecule has 0 spiro atoms. The second kappa shape index (κ2) is 13.5. The van der Waals surface area contributed by atoms with Crippen molar-refractivity contribution in [3.8, 4) is 5.75 Å². The van der Waals surface area contributed by atoms with Crippen LogP contribution in [0.4, 0.5) is 0 Å². The zero-order valence-corrected chi connectivity index (χ0v) is 20.5. The maximum absolute atomic E-state index is 13.1. The fourth-order valence-electron chi connectivity index (χ4n) is 3.91. The van der Waals surface area contributed by atoms with E-state index in [4.69, 9.17) is 4.74 Å². The third-order valence-corrected chi connectivity index (χ3v) is 6.03. The van der Waals surface area contributed by atoms with E-state index >= 15 is 0 Å². The molecule has 3 aromatic rings. The number of pyridine rings is 1. The van der Waals surface area contributed by atoms with Crippen molar-refractivity contribution in [2.45, 2.75) is 52.1 Å². The highest BCUT2D eigenvalue weighted by atomic mass is 16.5. The van der Waals surface area contributed by atoms with Crippen LogP contribution in [0, 0.1) is 5.92 Å². The predicted molar refractivity (Wildman–Crippen MR) is 138 cm³/mol. The van der Waals surface area contributed by atoms with E-state index in [2.05, 4.69) is 29.5 Å². The highest BCUT2D eigenvalue weighted by Gasteiger charge is 2.20. The average molecular weight is 460 g/mol. The molecule has 5 heteroatoms. The number of amides is 1.